The maximum absolute atomic E-state index is 15.4. The average Bonchev–Trinajstić information content (AvgIpc) is 3.69. The third-order valence-electron chi connectivity index (χ3n) is 12.6. The summed E-state index contributed by atoms with van der Waals surface area (Å²) >= 11 is 5.48. The number of hydrogen-bond donors (Lipinski definition) is 5. The maximum Gasteiger partial charge on any atom is 0.338 e. The number of Topliss-reactive ketones (excluding diaryl/α,β-unsaturated/α-hetero) is 1. The van der Waals surface area contributed by atoms with E-state index in [1.807, 2.05) is 20.8 Å². The van der Waals surface area contributed by atoms with Gasteiger partial charge < -0.3 is 54.1 Å². The van der Waals surface area contributed by atoms with Crippen LogP contribution in [0.25, 0.3) is 0 Å². The van der Waals surface area contributed by atoms with E-state index in [0.717, 1.165) is 13.8 Å². The summed E-state index contributed by atoms with van der Waals surface area (Å²) in [4.78, 5) is 69.8. The van der Waals surface area contributed by atoms with Gasteiger partial charge in [0.05, 0.1) is 35.9 Å². The molecule has 1 aliphatic heterocycles. The van der Waals surface area contributed by atoms with E-state index in [2.05, 4.69) is 10.6 Å². The van der Waals surface area contributed by atoms with Crippen molar-refractivity contribution >= 4 is 47.0 Å². The van der Waals surface area contributed by atoms with Crippen LogP contribution in [0.4, 0.5) is 0 Å². The summed E-state index contributed by atoms with van der Waals surface area (Å²) in [5, 5.41) is 43.4. The third-order valence-corrected chi connectivity index (χ3v) is 12.8. The van der Waals surface area contributed by atoms with Crippen LogP contribution in [-0.2, 0) is 42.9 Å². The molecule has 1 aromatic heterocycles. The van der Waals surface area contributed by atoms with Crippen LogP contribution in [0.3, 0.4) is 0 Å². The molecule has 0 amide bonds. The van der Waals surface area contributed by atoms with Gasteiger partial charge in [-0.05, 0) is 82.2 Å². The first kappa shape index (κ1) is 44.9. The monoisotopic (exact) mass is 854 g/mol. The van der Waals surface area contributed by atoms with Crippen molar-refractivity contribution in [3.05, 3.63) is 71.2 Å². The highest BCUT2D eigenvalue weighted by Crippen LogP contribution is 2.64. The lowest BCUT2D eigenvalue weighted by Gasteiger charge is -2.67. The standard InChI is InChI=1S/C43H54N2O14S/c1-21-26(57-37(52)31(49)30(25-16-13-17-54-25)44-38(60)45-39(4,5)6)19-43(53)35(58-36(51)24-14-11-10-12-15-24)33-41(9,27(48)18-28-42(33,20-55-28)59-23(3)47)34(50)32(56-22(2)46)29(21)40(43,7)8/h10-17,26-28,30-33,35,48-49,53H,18-20H2,1-9H3,(H2,44,45,60)/t26-,27-,28+,30+,31+,32+,33-,35-,41+,42-,43+/m0/s1. The Labute approximate surface area is 353 Å². The third kappa shape index (κ3) is 7.63. The van der Waals surface area contributed by atoms with Gasteiger partial charge in [0.25, 0.3) is 0 Å². The highest BCUT2D eigenvalue weighted by Gasteiger charge is 2.78. The fourth-order valence-electron chi connectivity index (χ4n) is 9.66. The largest absolute Gasteiger partial charge is 0.467 e. The number of esters is 4. The van der Waals surface area contributed by atoms with Gasteiger partial charge in [0.1, 0.15) is 35.7 Å². The van der Waals surface area contributed by atoms with Crippen molar-refractivity contribution in [2.45, 2.75) is 135 Å². The number of thiocarbonyl (C=S) groups is 1. The summed E-state index contributed by atoms with van der Waals surface area (Å²) in [5.41, 5.74) is -8.01. The predicted octanol–water partition coefficient (Wildman–Crippen LogP) is 3.16. The van der Waals surface area contributed by atoms with E-state index >= 15 is 4.79 Å². The number of rotatable bonds is 9. The number of carbonyl (C=O) groups is 5. The minimum absolute atomic E-state index is 0.0150. The zero-order chi connectivity index (χ0) is 44.3. The second-order valence-corrected chi connectivity index (χ2v) is 18.4. The van der Waals surface area contributed by atoms with Gasteiger partial charge in [-0.3, -0.25) is 14.4 Å². The second-order valence-electron chi connectivity index (χ2n) is 18.0. The summed E-state index contributed by atoms with van der Waals surface area (Å²) in [6.45, 7) is 13.6. The van der Waals surface area contributed by atoms with Crippen LogP contribution in [0, 0.1) is 16.7 Å². The van der Waals surface area contributed by atoms with E-state index in [1.165, 1.54) is 38.3 Å². The van der Waals surface area contributed by atoms with Gasteiger partial charge in [0.2, 0.25) is 0 Å². The normalized spacial score (nSPS) is 32.9. The van der Waals surface area contributed by atoms with Crippen LogP contribution in [-0.4, -0.2) is 110 Å². The molecule has 3 aliphatic carbocycles. The number of hydrogen-bond acceptors (Lipinski definition) is 15. The molecule has 17 heteroatoms. The van der Waals surface area contributed by atoms with Gasteiger partial charge in [-0.15, -0.1) is 0 Å². The number of aliphatic hydroxyl groups excluding tert-OH is 2. The first-order chi connectivity index (χ1) is 27.9. The summed E-state index contributed by atoms with van der Waals surface area (Å²) in [5.74, 6) is -6.01. The van der Waals surface area contributed by atoms with Crippen molar-refractivity contribution in [3.63, 3.8) is 0 Å². The van der Waals surface area contributed by atoms with E-state index in [-0.39, 0.29) is 40.6 Å². The number of ketones is 1. The molecule has 5 N–H and O–H groups in total. The van der Waals surface area contributed by atoms with Crippen molar-refractivity contribution < 1.29 is 67.4 Å². The van der Waals surface area contributed by atoms with Crippen LogP contribution in [0.1, 0.15) is 97.3 Å². The van der Waals surface area contributed by atoms with Crippen LogP contribution >= 0.6 is 12.2 Å². The molecule has 1 saturated heterocycles. The lowest BCUT2D eigenvalue weighted by atomic mass is 9.44. The number of benzene rings is 1. The molecular weight excluding hydrogens is 801 g/mol. The lowest BCUT2D eigenvalue weighted by Crippen LogP contribution is -2.82. The smallest absolute Gasteiger partial charge is 0.338 e. The molecule has 2 saturated carbocycles. The van der Waals surface area contributed by atoms with Crippen molar-refractivity contribution in [2.24, 2.45) is 16.7 Å². The van der Waals surface area contributed by atoms with Gasteiger partial charge in [-0.1, -0.05) is 32.0 Å². The lowest BCUT2D eigenvalue weighted by molar-refractivity contribution is -0.346. The van der Waals surface area contributed by atoms with Gasteiger partial charge in [0, 0.05) is 37.6 Å². The molecule has 11 atom stereocenters. The second kappa shape index (κ2) is 16.0. The number of nitrogens with one attached hydrogen (secondary N) is 2. The van der Waals surface area contributed by atoms with Crippen molar-refractivity contribution in [3.8, 4) is 0 Å². The van der Waals surface area contributed by atoms with Crippen LogP contribution in [0.15, 0.2) is 64.3 Å². The Hall–Kier alpha value is -4.68. The molecule has 3 fully saturated rings. The molecule has 0 unspecified atom stereocenters. The van der Waals surface area contributed by atoms with E-state index in [4.69, 9.17) is 40.3 Å². The Bertz CT molecular complexity index is 2060. The number of carbonyl (C=O) groups excluding carboxylic acids is 5. The summed E-state index contributed by atoms with van der Waals surface area (Å²) in [7, 11) is 0. The molecule has 60 heavy (non-hydrogen) atoms. The predicted molar refractivity (Wildman–Crippen MR) is 215 cm³/mol. The topological polar surface area (TPSA) is 229 Å². The Balaban J connectivity index is 1.54. The van der Waals surface area contributed by atoms with Crippen LogP contribution < -0.4 is 10.6 Å². The quantitative estimate of drug-likeness (QED) is 0.106. The summed E-state index contributed by atoms with van der Waals surface area (Å²) in [6, 6.07) is 9.69. The molecule has 0 spiro atoms. The van der Waals surface area contributed by atoms with E-state index in [0.29, 0.717) is 0 Å². The first-order valence-corrected chi connectivity index (χ1v) is 20.2. The van der Waals surface area contributed by atoms with Crippen LogP contribution in [0.5, 0.6) is 0 Å². The zero-order valence-electron chi connectivity index (χ0n) is 35.1. The molecule has 326 valence electrons. The number of fused-ring (bicyclic) bond motifs is 5. The Morgan fingerprint density at radius 1 is 0.983 bits per heavy atom. The minimum Gasteiger partial charge on any atom is -0.467 e. The van der Waals surface area contributed by atoms with E-state index < -0.39 is 112 Å². The summed E-state index contributed by atoms with van der Waals surface area (Å²) in [6.07, 6.45) is -8.97. The average molecular weight is 855 g/mol. The Morgan fingerprint density at radius 3 is 2.20 bits per heavy atom. The zero-order valence-corrected chi connectivity index (χ0v) is 35.9. The molecule has 2 aromatic rings. The Kier molecular flexibility index (Phi) is 11.9. The molecule has 2 bridgehead atoms. The van der Waals surface area contributed by atoms with Crippen LogP contribution in [0.2, 0.25) is 0 Å². The molecule has 16 nitrogen and oxygen atoms in total. The number of furan rings is 1. The van der Waals surface area contributed by atoms with E-state index in [1.54, 1.807) is 38.1 Å². The maximum atomic E-state index is 15.4. The summed E-state index contributed by atoms with van der Waals surface area (Å²) < 4.78 is 35.8. The van der Waals surface area contributed by atoms with Gasteiger partial charge >= 0.3 is 23.9 Å². The fourth-order valence-corrected chi connectivity index (χ4v) is 10.1. The van der Waals surface area contributed by atoms with Crippen molar-refractivity contribution in [2.75, 3.05) is 6.61 Å². The van der Waals surface area contributed by atoms with Gasteiger partial charge in [0.15, 0.2) is 28.7 Å². The highest BCUT2D eigenvalue weighted by atomic mass is 32.1. The highest BCUT2D eigenvalue weighted by molar-refractivity contribution is 7.80. The first-order valence-electron chi connectivity index (χ1n) is 19.8. The minimum atomic E-state index is -2.37. The molecule has 6 rings (SSSR count). The molecule has 2 heterocycles. The molecule has 1 aromatic carbocycles. The molecular formula is C43H54N2O14S. The number of aliphatic hydroxyl groups is 3. The molecule has 4 aliphatic rings. The molecule has 0 radical (unpaired) electrons. The SMILES string of the molecule is CC(=O)O[C@H]1C(=O)[C@@]2(C)[C@H]([C@H](OC(=O)c3ccccc3)[C@]3(O)C[C@H](OC(=O)[C@H](O)[C@H](NC(=S)NC(C)(C)C)c4ccco4)C(C)=C1C3(C)C)[C@]1(OC(C)=O)CO[C@@H]1C[C@@H]2O. The van der Waals surface area contributed by atoms with Gasteiger partial charge in [-0.2, -0.15) is 0 Å². The number of ether oxygens (including phenoxy) is 5. The fraction of sp³-hybridized carbons (Fsp3) is 0.581. The van der Waals surface area contributed by atoms with Crippen molar-refractivity contribution in [1.82, 2.24) is 10.6 Å². The Morgan fingerprint density at radius 2 is 1.65 bits per heavy atom. The van der Waals surface area contributed by atoms with Gasteiger partial charge in [-0.25, -0.2) is 9.59 Å². The van der Waals surface area contributed by atoms with Crippen molar-refractivity contribution in [1.29, 1.82) is 0 Å². The van der Waals surface area contributed by atoms with E-state index in [9.17, 15) is 34.5 Å².